The molecule has 1 unspecified atom stereocenters. The average molecular weight is 364 g/mol. The van der Waals surface area contributed by atoms with E-state index in [1.54, 1.807) is 24.6 Å². The molecule has 2 aromatic heterocycles. The standard InChI is InChI=1S/C20H24N6O/c1-2-15(11-22)12-24-25-19(7-8-21)18-13-26(16-5-4-10-27-14-16)20-17(18)6-3-9-23-20/h2-3,6-9,11-13,16H,1,4-5,10,14,21-22H2/b8-7-,15-11-,24-12-,25-19+. The lowest BCUT2D eigenvalue weighted by Gasteiger charge is -2.24. The highest BCUT2D eigenvalue weighted by Crippen LogP contribution is 2.28. The normalized spacial score (nSPS) is 19.3. The van der Waals surface area contributed by atoms with Gasteiger partial charge in [0.2, 0.25) is 0 Å². The van der Waals surface area contributed by atoms with E-state index in [0.717, 1.165) is 36.0 Å². The molecule has 7 heteroatoms. The number of allylic oxidation sites excluding steroid dienone is 3. The second-order valence-electron chi connectivity index (χ2n) is 6.16. The lowest BCUT2D eigenvalue weighted by molar-refractivity contribution is 0.0605. The van der Waals surface area contributed by atoms with Crippen molar-refractivity contribution < 1.29 is 4.74 Å². The van der Waals surface area contributed by atoms with E-state index in [1.807, 2.05) is 12.1 Å². The fourth-order valence-corrected chi connectivity index (χ4v) is 3.10. The molecule has 1 saturated heterocycles. The molecule has 1 aliphatic rings. The van der Waals surface area contributed by atoms with E-state index in [1.165, 1.54) is 12.4 Å². The average Bonchev–Trinajstić information content (AvgIpc) is 3.11. The van der Waals surface area contributed by atoms with Crippen LogP contribution in [0.1, 0.15) is 24.4 Å². The Kier molecular flexibility index (Phi) is 6.17. The number of nitrogens with zero attached hydrogens (tertiary/aromatic N) is 4. The van der Waals surface area contributed by atoms with Gasteiger partial charge in [0.25, 0.3) is 0 Å². The molecule has 1 aliphatic heterocycles. The molecule has 4 N–H and O–H groups in total. The molecule has 0 aromatic carbocycles. The fraction of sp³-hybridized carbons (Fsp3) is 0.250. The maximum Gasteiger partial charge on any atom is 0.140 e. The minimum Gasteiger partial charge on any atom is -0.405 e. The van der Waals surface area contributed by atoms with Gasteiger partial charge in [0, 0.05) is 41.7 Å². The van der Waals surface area contributed by atoms with Crippen LogP contribution >= 0.6 is 0 Å². The van der Waals surface area contributed by atoms with Gasteiger partial charge >= 0.3 is 0 Å². The predicted octanol–water partition coefficient (Wildman–Crippen LogP) is 2.66. The summed E-state index contributed by atoms with van der Waals surface area (Å²) >= 11 is 0. The molecule has 0 spiro atoms. The molecule has 1 fully saturated rings. The Hall–Kier alpha value is -3.19. The van der Waals surface area contributed by atoms with Crippen LogP contribution in [0.3, 0.4) is 0 Å². The van der Waals surface area contributed by atoms with Crippen LogP contribution in [0.4, 0.5) is 0 Å². The first-order valence-electron chi connectivity index (χ1n) is 8.85. The van der Waals surface area contributed by atoms with Gasteiger partial charge in [0.05, 0.1) is 24.6 Å². The number of ether oxygens (including phenoxy) is 1. The zero-order valence-corrected chi connectivity index (χ0v) is 15.2. The van der Waals surface area contributed by atoms with E-state index in [9.17, 15) is 0 Å². The quantitative estimate of drug-likeness (QED) is 0.467. The Labute approximate surface area is 158 Å². The third-order valence-corrected chi connectivity index (χ3v) is 4.45. The summed E-state index contributed by atoms with van der Waals surface area (Å²) in [5.41, 5.74) is 14.3. The smallest absolute Gasteiger partial charge is 0.140 e. The lowest BCUT2D eigenvalue weighted by Crippen LogP contribution is -2.20. The number of rotatable bonds is 6. The molecule has 0 aliphatic carbocycles. The highest BCUT2D eigenvalue weighted by atomic mass is 16.5. The summed E-state index contributed by atoms with van der Waals surface area (Å²) in [6, 6.07) is 4.19. The molecule has 2 aromatic rings. The first kappa shape index (κ1) is 18.6. The van der Waals surface area contributed by atoms with Crippen LogP contribution in [0.15, 0.2) is 71.4 Å². The molecule has 7 nitrogen and oxygen atoms in total. The van der Waals surface area contributed by atoms with Crippen LogP contribution in [0, 0.1) is 0 Å². The van der Waals surface area contributed by atoms with Gasteiger partial charge in [-0.3, -0.25) is 0 Å². The monoisotopic (exact) mass is 364 g/mol. The topological polar surface area (TPSA) is 104 Å². The molecule has 0 bridgehead atoms. The van der Waals surface area contributed by atoms with Gasteiger partial charge in [-0.15, -0.1) is 0 Å². The molecule has 0 radical (unpaired) electrons. The van der Waals surface area contributed by atoms with E-state index in [2.05, 4.69) is 32.5 Å². The highest BCUT2D eigenvalue weighted by Gasteiger charge is 2.21. The van der Waals surface area contributed by atoms with Crippen molar-refractivity contribution >= 4 is 23.0 Å². The first-order chi connectivity index (χ1) is 13.3. The van der Waals surface area contributed by atoms with Crippen molar-refractivity contribution in [1.82, 2.24) is 9.55 Å². The summed E-state index contributed by atoms with van der Waals surface area (Å²) < 4.78 is 7.82. The van der Waals surface area contributed by atoms with Crippen molar-refractivity contribution in [3.63, 3.8) is 0 Å². The van der Waals surface area contributed by atoms with Gasteiger partial charge in [-0.05, 0) is 37.3 Å². The number of hydrogen-bond acceptors (Lipinski definition) is 6. The van der Waals surface area contributed by atoms with Crippen LogP contribution in [-0.4, -0.2) is 34.7 Å². The Morgan fingerprint density at radius 3 is 3.00 bits per heavy atom. The summed E-state index contributed by atoms with van der Waals surface area (Å²) in [5.74, 6) is 0. The van der Waals surface area contributed by atoms with Gasteiger partial charge in [0.1, 0.15) is 5.65 Å². The molecule has 3 heterocycles. The Balaban J connectivity index is 2.06. The number of hydrogen-bond donors (Lipinski definition) is 2. The molecule has 1 atom stereocenters. The second-order valence-corrected chi connectivity index (χ2v) is 6.16. The molecule has 27 heavy (non-hydrogen) atoms. The summed E-state index contributed by atoms with van der Waals surface area (Å²) in [5, 5.41) is 9.44. The number of fused-ring (bicyclic) bond motifs is 1. The molecule has 0 saturated carbocycles. The van der Waals surface area contributed by atoms with Crippen LogP contribution in [0.5, 0.6) is 0 Å². The lowest BCUT2D eigenvalue weighted by atomic mass is 10.1. The van der Waals surface area contributed by atoms with Crippen molar-refractivity contribution in [1.29, 1.82) is 0 Å². The van der Waals surface area contributed by atoms with Crippen molar-refractivity contribution in [2.75, 3.05) is 13.2 Å². The van der Waals surface area contributed by atoms with Gasteiger partial charge < -0.3 is 20.8 Å². The zero-order chi connectivity index (χ0) is 19.1. The van der Waals surface area contributed by atoms with Crippen LogP contribution in [0.25, 0.3) is 11.0 Å². The second kappa shape index (κ2) is 8.95. The third kappa shape index (κ3) is 4.15. The SMILES string of the molecule is C=CC(/C=N\N=C(/C=C\N)c1cn(C2CCCOC2)c2ncccc12)=C/N. The Bertz CT molecular complexity index is 916. The summed E-state index contributed by atoms with van der Waals surface area (Å²) in [6.07, 6.45) is 13.7. The van der Waals surface area contributed by atoms with Gasteiger partial charge in [-0.2, -0.15) is 10.2 Å². The zero-order valence-electron chi connectivity index (χ0n) is 15.2. The van der Waals surface area contributed by atoms with E-state index >= 15 is 0 Å². The Morgan fingerprint density at radius 2 is 2.30 bits per heavy atom. The van der Waals surface area contributed by atoms with E-state index in [0.29, 0.717) is 17.9 Å². The minimum atomic E-state index is 0.254. The molecule has 140 valence electrons. The largest absolute Gasteiger partial charge is 0.405 e. The van der Waals surface area contributed by atoms with E-state index < -0.39 is 0 Å². The molecular formula is C20H24N6O. The van der Waals surface area contributed by atoms with E-state index in [4.69, 9.17) is 16.2 Å². The maximum absolute atomic E-state index is 5.65. The number of pyridine rings is 1. The van der Waals surface area contributed by atoms with Crippen molar-refractivity contribution in [3.8, 4) is 0 Å². The van der Waals surface area contributed by atoms with Gasteiger partial charge in [-0.25, -0.2) is 4.98 Å². The van der Waals surface area contributed by atoms with Crippen LogP contribution in [0.2, 0.25) is 0 Å². The van der Waals surface area contributed by atoms with Crippen LogP contribution < -0.4 is 11.5 Å². The van der Waals surface area contributed by atoms with Gasteiger partial charge in [0.15, 0.2) is 0 Å². The van der Waals surface area contributed by atoms with Crippen molar-refractivity contribution in [2.24, 2.45) is 21.7 Å². The number of aromatic nitrogens is 2. The highest BCUT2D eigenvalue weighted by molar-refractivity contribution is 6.16. The third-order valence-electron chi connectivity index (χ3n) is 4.45. The van der Waals surface area contributed by atoms with E-state index in [-0.39, 0.29) is 6.04 Å². The minimum absolute atomic E-state index is 0.254. The fourth-order valence-electron chi connectivity index (χ4n) is 3.10. The van der Waals surface area contributed by atoms with Gasteiger partial charge in [-0.1, -0.05) is 12.7 Å². The molecule has 3 rings (SSSR count). The summed E-state index contributed by atoms with van der Waals surface area (Å²) in [4.78, 5) is 4.57. The summed E-state index contributed by atoms with van der Waals surface area (Å²) in [6.45, 7) is 5.17. The Morgan fingerprint density at radius 1 is 1.41 bits per heavy atom. The first-order valence-corrected chi connectivity index (χ1v) is 8.85. The molecule has 0 amide bonds. The van der Waals surface area contributed by atoms with Crippen LogP contribution in [-0.2, 0) is 4.74 Å². The predicted molar refractivity (Wildman–Crippen MR) is 110 cm³/mol. The summed E-state index contributed by atoms with van der Waals surface area (Å²) in [7, 11) is 0. The van der Waals surface area contributed by atoms with Crippen molar-refractivity contribution in [2.45, 2.75) is 18.9 Å². The molecular weight excluding hydrogens is 340 g/mol. The van der Waals surface area contributed by atoms with Crippen molar-refractivity contribution in [3.05, 3.63) is 66.8 Å². The number of nitrogens with two attached hydrogens (primary N) is 2. The maximum atomic E-state index is 5.65.